The maximum Gasteiger partial charge on any atom is 0.338 e. The van der Waals surface area contributed by atoms with Gasteiger partial charge in [-0.25, -0.2) is 9.46 Å². The number of hydrogen-bond acceptors (Lipinski definition) is 7. The SMILES string of the molecule is CCC[B][C@@H](COC(=O)c1ccccc1)O[C@H](C)COP(OCCC#N)N(C(C)C)C(C)C. The number of rotatable bonds is 17. The number of carbonyl (C=O) groups is 1. The molecular weight excluding hydrogens is 438 g/mol. The van der Waals surface area contributed by atoms with Gasteiger partial charge in [-0.2, -0.15) is 5.26 Å². The zero-order chi connectivity index (χ0) is 24.6. The normalized spacial score (nSPS) is 14.2. The highest BCUT2D eigenvalue weighted by molar-refractivity contribution is 7.44. The van der Waals surface area contributed by atoms with Crippen molar-refractivity contribution in [2.45, 2.75) is 84.9 Å². The summed E-state index contributed by atoms with van der Waals surface area (Å²) in [7, 11) is 0.712. The fourth-order valence-corrected chi connectivity index (χ4v) is 4.83. The number of esters is 1. The maximum atomic E-state index is 12.3. The third-order valence-corrected chi connectivity index (χ3v) is 6.67. The van der Waals surface area contributed by atoms with E-state index >= 15 is 0 Å². The van der Waals surface area contributed by atoms with E-state index in [2.05, 4.69) is 45.4 Å². The molecular formula is C24H39BN2O5P. The van der Waals surface area contributed by atoms with Crippen molar-refractivity contribution in [2.24, 2.45) is 0 Å². The molecule has 7 nitrogen and oxygen atoms in total. The summed E-state index contributed by atoms with van der Waals surface area (Å²) < 4.78 is 25.9. The van der Waals surface area contributed by atoms with Crippen molar-refractivity contribution in [3.05, 3.63) is 35.9 Å². The van der Waals surface area contributed by atoms with Crippen LogP contribution in [0.5, 0.6) is 0 Å². The second-order valence-electron chi connectivity index (χ2n) is 8.32. The average Bonchev–Trinajstić information content (AvgIpc) is 2.79. The first-order chi connectivity index (χ1) is 15.8. The number of nitrogens with zero attached hydrogens (tertiary/aromatic N) is 2. The van der Waals surface area contributed by atoms with Crippen LogP contribution in [0.1, 0.15) is 64.7 Å². The molecule has 0 saturated carbocycles. The predicted octanol–water partition coefficient (Wildman–Crippen LogP) is 5.40. The Kier molecular flexibility index (Phi) is 15.2. The lowest BCUT2D eigenvalue weighted by Gasteiger charge is -2.36. The van der Waals surface area contributed by atoms with Crippen molar-refractivity contribution >= 4 is 21.8 Å². The Bertz CT molecular complexity index is 694. The van der Waals surface area contributed by atoms with Crippen LogP contribution in [0.25, 0.3) is 0 Å². The van der Waals surface area contributed by atoms with E-state index in [0.29, 0.717) is 25.2 Å². The number of benzene rings is 1. The molecule has 0 amide bonds. The lowest BCUT2D eigenvalue weighted by atomic mass is 9.67. The van der Waals surface area contributed by atoms with Gasteiger partial charge in [0.05, 0.1) is 43.4 Å². The molecule has 0 aliphatic rings. The van der Waals surface area contributed by atoms with E-state index in [4.69, 9.17) is 23.8 Å². The fourth-order valence-electron chi connectivity index (χ4n) is 3.15. The van der Waals surface area contributed by atoms with Gasteiger partial charge in [0.25, 0.3) is 8.53 Å². The van der Waals surface area contributed by atoms with Crippen LogP contribution in [0.2, 0.25) is 6.32 Å². The van der Waals surface area contributed by atoms with Crippen LogP contribution in [0.3, 0.4) is 0 Å². The minimum atomic E-state index is -1.32. The van der Waals surface area contributed by atoms with Crippen LogP contribution < -0.4 is 0 Å². The van der Waals surface area contributed by atoms with E-state index in [1.807, 2.05) is 32.4 Å². The van der Waals surface area contributed by atoms with E-state index in [1.54, 1.807) is 12.1 Å². The molecule has 0 spiro atoms. The van der Waals surface area contributed by atoms with E-state index < -0.39 is 8.53 Å². The van der Waals surface area contributed by atoms with Crippen molar-refractivity contribution in [1.29, 1.82) is 5.26 Å². The third kappa shape index (κ3) is 12.0. The van der Waals surface area contributed by atoms with Crippen LogP contribution in [0, 0.1) is 11.3 Å². The Labute approximate surface area is 201 Å². The molecule has 0 N–H and O–H groups in total. The standard InChI is InChI=1S/C24H39BN2O5P/c1-7-14-25-23(18-29-24(28)22-12-9-8-10-13-22)32-21(6)17-31-33(30-16-11-15-26)27(19(2)3)20(4)5/h8-10,12-13,19-21,23H,7,11,14,16-18H2,1-6H3/t21-,23-,33?/m1/s1. The highest BCUT2D eigenvalue weighted by Gasteiger charge is 2.28. The van der Waals surface area contributed by atoms with Crippen molar-refractivity contribution in [2.75, 3.05) is 19.8 Å². The molecule has 9 heteroatoms. The van der Waals surface area contributed by atoms with Crippen LogP contribution >= 0.6 is 8.53 Å². The summed E-state index contributed by atoms with van der Waals surface area (Å²) in [6, 6.07) is 11.2. The molecule has 0 aromatic heterocycles. The van der Waals surface area contributed by atoms with Gasteiger partial charge in [0.15, 0.2) is 7.28 Å². The van der Waals surface area contributed by atoms with Crippen molar-refractivity contribution in [1.82, 2.24) is 4.67 Å². The average molecular weight is 477 g/mol. The first-order valence-electron chi connectivity index (χ1n) is 11.7. The molecule has 0 aliphatic carbocycles. The number of ether oxygens (including phenoxy) is 2. The molecule has 0 saturated heterocycles. The highest BCUT2D eigenvalue weighted by Crippen LogP contribution is 2.46. The largest absolute Gasteiger partial charge is 0.460 e. The second-order valence-corrected chi connectivity index (χ2v) is 9.77. The molecule has 0 heterocycles. The summed E-state index contributed by atoms with van der Waals surface area (Å²) in [5.41, 5.74) is 0.519. The molecule has 1 aromatic carbocycles. The highest BCUT2D eigenvalue weighted by atomic mass is 31.2. The van der Waals surface area contributed by atoms with Crippen molar-refractivity contribution < 1.29 is 23.3 Å². The molecule has 0 bridgehead atoms. The zero-order valence-corrected chi connectivity index (χ0v) is 21.8. The lowest BCUT2D eigenvalue weighted by molar-refractivity contribution is -0.0234. The summed E-state index contributed by atoms with van der Waals surface area (Å²) in [5.74, 6) is -0.364. The van der Waals surface area contributed by atoms with Crippen LogP contribution in [0.15, 0.2) is 30.3 Å². The van der Waals surface area contributed by atoms with Crippen molar-refractivity contribution in [3.8, 4) is 6.07 Å². The van der Waals surface area contributed by atoms with Crippen LogP contribution in [0.4, 0.5) is 0 Å². The molecule has 1 aromatic rings. The first kappa shape index (κ1) is 29.5. The molecule has 33 heavy (non-hydrogen) atoms. The summed E-state index contributed by atoms with van der Waals surface area (Å²) in [5, 5.41) is 8.85. The Hall–Kier alpha value is -1.49. The smallest absolute Gasteiger partial charge is 0.338 e. The molecule has 1 rings (SSSR count). The Morgan fingerprint density at radius 3 is 2.33 bits per heavy atom. The zero-order valence-electron chi connectivity index (χ0n) is 20.9. The number of carbonyl (C=O) groups excluding carboxylic acids is 1. The summed E-state index contributed by atoms with van der Waals surface area (Å²) in [6.07, 6.45) is 1.93. The van der Waals surface area contributed by atoms with Gasteiger partial charge in [-0.3, -0.25) is 0 Å². The van der Waals surface area contributed by atoms with Gasteiger partial charge in [-0.05, 0) is 46.8 Å². The van der Waals surface area contributed by atoms with E-state index in [0.717, 1.165) is 12.7 Å². The predicted molar refractivity (Wildman–Crippen MR) is 133 cm³/mol. The van der Waals surface area contributed by atoms with Gasteiger partial charge < -0.3 is 18.5 Å². The minimum Gasteiger partial charge on any atom is -0.460 e. The fraction of sp³-hybridized carbons (Fsp3) is 0.667. The second kappa shape index (κ2) is 17.0. The molecule has 0 fully saturated rings. The van der Waals surface area contributed by atoms with Gasteiger partial charge in [0, 0.05) is 12.1 Å². The summed E-state index contributed by atoms with van der Waals surface area (Å²) >= 11 is 0. The minimum absolute atomic E-state index is 0.148. The maximum absolute atomic E-state index is 12.3. The van der Waals surface area contributed by atoms with Gasteiger partial charge in [0.1, 0.15) is 6.61 Å². The van der Waals surface area contributed by atoms with Crippen molar-refractivity contribution in [3.63, 3.8) is 0 Å². The molecule has 1 radical (unpaired) electrons. The molecule has 3 atom stereocenters. The quantitative estimate of drug-likeness (QED) is 0.129. The number of hydrogen-bond donors (Lipinski definition) is 0. The lowest BCUT2D eigenvalue weighted by Crippen LogP contribution is -2.35. The van der Waals surface area contributed by atoms with Gasteiger partial charge in [-0.15, -0.1) is 0 Å². The Balaban J connectivity index is 2.67. The first-order valence-corrected chi connectivity index (χ1v) is 12.8. The van der Waals surface area contributed by atoms with E-state index in [-0.39, 0.29) is 36.8 Å². The monoisotopic (exact) mass is 477 g/mol. The van der Waals surface area contributed by atoms with E-state index in [9.17, 15) is 4.79 Å². The van der Waals surface area contributed by atoms with Gasteiger partial charge in [0.2, 0.25) is 0 Å². The summed E-state index contributed by atoms with van der Waals surface area (Å²) in [4.78, 5) is 12.3. The molecule has 0 aliphatic heterocycles. The molecule has 1 unspecified atom stereocenters. The Morgan fingerprint density at radius 2 is 1.76 bits per heavy atom. The van der Waals surface area contributed by atoms with Gasteiger partial charge >= 0.3 is 5.97 Å². The summed E-state index contributed by atoms with van der Waals surface area (Å²) in [6.45, 7) is 13.2. The van der Waals surface area contributed by atoms with Gasteiger partial charge in [-0.1, -0.05) is 37.9 Å². The van der Waals surface area contributed by atoms with Crippen LogP contribution in [-0.4, -0.2) is 61.9 Å². The van der Waals surface area contributed by atoms with E-state index in [1.165, 1.54) is 0 Å². The number of nitriles is 1. The topological polar surface area (TPSA) is 81.0 Å². The van der Waals surface area contributed by atoms with Crippen LogP contribution in [-0.2, 0) is 18.5 Å². The molecule has 183 valence electrons. The third-order valence-electron chi connectivity index (χ3n) is 4.60. The Morgan fingerprint density at radius 1 is 1.09 bits per heavy atom.